The van der Waals surface area contributed by atoms with Gasteiger partial charge in [0.25, 0.3) is 0 Å². The van der Waals surface area contributed by atoms with Crippen LogP contribution < -0.4 is 10.5 Å². The Hall–Kier alpha value is -1.13. The van der Waals surface area contributed by atoms with Crippen LogP contribution in [0.5, 0.6) is 5.75 Å². The minimum atomic E-state index is 0.106. The first kappa shape index (κ1) is 13.9. The van der Waals surface area contributed by atoms with Gasteiger partial charge in [-0.15, -0.1) is 0 Å². The molecule has 3 nitrogen and oxygen atoms in total. The molecule has 0 saturated heterocycles. The van der Waals surface area contributed by atoms with Gasteiger partial charge in [-0.1, -0.05) is 31.3 Å². The smallest absolute Gasteiger partial charge is 0.118 e. The maximum Gasteiger partial charge on any atom is 0.118 e. The summed E-state index contributed by atoms with van der Waals surface area (Å²) < 4.78 is 10.8. The van der Waals surface area contributed by atoms with E-state index < -0.39 is 0 Å². The van der Waals surface area contributed by atoms with Crippen molar-refractivity contribution in [3.63, 3.8) is 0 Å². The number of hydrogen-bond donors (Lipinski definition) is 1. The zero-order chi connectivity index (χ0) is 12.7. The molecule has 0 saturated carbocycles. The molecule has 94 valence electrons. The quantitative estimate of drug-likeness (QED) is 0.759. The highest BCUT2D eigenvalue weighted by Gasteiger charge is 2.08. The van der Waals surface area contributed by atoms with Crippen molar-refractivity contribution in [3.05, 3.63) is 29.8 Å². The Morgan fingerprint density at radius 1 is 1.35 bits per heavy atom. The van der Waals surface area contributed by atoms with Gasteiger partial charge in [-0.3, -0.25) is 0 Å². The molecule has 2 N–H and O–H groups in total. The first-order chi connectivity index (χ1) is 8.15. The van der Waals surface area contributed by atoms with Crippen molar-refractivity contribution in [2.45, 2.75) is 32.5 Å². The summed E-state index contributed by atoms with van der Waals surface area (Å²) in [6.07, 6.45) is 1.66. The Bertz CT molecular complexity index is 351. The maximum atomic E-state index is 5.75. The molecule has 0 aliphatic rings. The Morgan fingerprint density at radius 2 is 2.00 bits per heavy atom. The number of methoxy groups -OCH3 is 1. The van der Waals surface area contributed by atoms with Gasteiger partial charge in [0.15, 0.2) is 0 Å². The molecule has 0 amide bonds. The summed E-state index contributed by atoms with van der Waals surface area (Å²) >= 11 is 4.88. The van der Waals surface area contributed by atoms with E-state index in [2.05, 4.69) is 6.92 Å². The van der Waals surface area contributed by atoms with E-state index in [1.807, 2.05) is 24.3 Å². The van der Waals surface area contributed by atoms with Gasteiger partial charge in [0, 0.05) is 6.42 Å². The van der Waals surface area contributed by atoms with Gasteiger partial charge >= 0.3 is 0 Å². The second kappa shape index (κ2) is 7.25. The molecule has 0 aromatic heterocycles. The normalized spacial score (nSPS) is 12.1. The zero-order valence-corrected chi connectivity index (χ0v) is 11.1. The first-order valence-corrected chi connectivity index (χ1v) is 6.09. The Labute approximate surface area is 108 Å². The van der Waals surface area contributed by atoms with E-state index in [4.69, 9.17) is 27.4 Å². The molecule has 0 aliphatic carbocycles. The molecule has 0 bridgehead atoms. The molecule has 1 rings (SSSR count). The number of hydrogen-bond acceptors (Lipinski definition) is 3. The van der Waals surface area contributed by atoms with Gasteiger partial charge in [-0.05, 0) is 24.1 Å². The standard InChI is InChI=1S/C13H19NO2S/c1-3-11(8-13(14)17)16-9-10-4-6-12(15-2)7-5-10/h4-7,11H,3,8-9H2,1-2H3,(H2,14,17). The van der Waals surface area contributed by atoms with Gasteiger partial charge in [-0.25, -0.2) is 0 Å². The van der Waals surface area contributed by atoms with E-state index in [0.717, 1.165) is 17.7 Å². The molecule has 4 heteroatoms. The summed E-state index contributed by atoms with van der Waals surface area (Å²) in [7, 11) is 1.65. The fourth-order valence-electron chi connectivity index (χ4n) is 1.48. The predicted octanol–water partition coefficient (Wildman–Crippen LogP) is 2.67. The fourth-order valence-corrected chi connectivity index (χ4v) is 1.67. The van der Waals surface area contributed by atoms with Crippen molar-refractivity contribution in [2.24, 2.45) is 5.73 Å². The van der Waals surface area contributed by atoms with Crippen molar-refractivity contribution < 1.29 is 9.47 Å². The Morgan fingerprint density at radius 3 is 2.47 bits per heavy atom. The zero-order valence-electron chi connectivity index (χ0n) is 10.3. The number of rotatable bonds is 7. The molecule has 0 heterocycles. The van der Waals surface area contributed by atoms with Crippen molar-refractivity contribution in [1.29, 1.82) is 0 Å². The van der Waals surface area contributed by atoms with Gasteiger partial charge in [0.05, 0.1) is 24.8 Å². The summed E-state index contributed by atoms with van der Waals surface area (Å²) in [6.45, 7) is 2.64. The SMILES string of the molecule is CCC(CC(N)=S)OCc1ccc(OC)cc1. The van der Waals surface area contributed by atoms with E-state index in [1.165, 1.54) is 0 Å². The van der Waals surface area contributed by atoms with Crippen molar-refractivity contribution in [3.8, 4) is 5.75 Å². The average molecular weight is 253 g/mol. The maximum absolute atomic E-state index is 5.75. The minimum absolute atomic E-state index is 0.106. The van der Waals surface area contributed by atoms with Crippen LogP contribution in [0.25, 0.3) is 0 Å². The van der Waals surface area contributed by atoms with Crippen LogP contribution in [0.2, 0.25) is 0 Å². The summed E-state index contributed by atoms with van der Waals surface area (Å²) in [5.41, 5.74) is 6.63. The van der Waals surface area contributed by atoms with Crippen LogP contribution in [0, 0.1) is 0 Å². The van der Waals surface area contributed by atoms with E-state index in [1.54, 1.807) is 7.11 Å². The van der Waals surface area contributed by atoms with Crippen LogP contribution >= 0.6 is 12.2 Å². The van der Waals surface area contributed by atoms with Crippen molar-refractivity contribution in [2.75, 3.05) is 7.11 Å². The lowest BCUT2D eigenvalue weighted by Gasteiger charge is -2.15. The van der Waals surface area contributed by atoms with E-state index in [9.17, 15) is 0 Å². The average Bonchev–Trinajstić information content (AvgIpc) is 2.34. The summed E-state index contributed by atoms with van der Waals surface area (Å²) in [6, 6.07) is 7.83. The molecular weight excluding hydrogens is 234 g/mol. The third-order valence-corrected chi connectivity index (χ3v) is 2.70. The molecule has 0 spiro atoms. The van der Waals surface area contributed by atoms with Gasteiger partial charge < -0.3 is 15.2 Å². The second-order valence-electron chi connectivity index (χ2n) is 3.86. The molecule has 1 unspecified atom stereocenters. The van der Waals surface area contributed by atoms with Crippen LogP contribution in [-0.2, 0) is 11.3 Å². The largest absolute Gasteiger partial charge is 0.497 e. The van der Waals surface area contributed by atoms with Gasteiger partial charge in [0.1, 0.15) is 5.75 Å². The molecule has 1 aromatic carbocycles. The fraction of sp³-hybridized carbons (Fsp3) is 0.462. The first-order valence-electron chi connectivity index (χ1n) is 5.68. The molecule has 0 fully saturated rings. The van der Waals surface area contributed by atoms with E-state index >= 15 is 0 Å². The van der Waals surface area contributed by atoms with E-state index in [0.29, 0.717) is 18.0 Å². The van der Waals surface area contributed by atoms with Crippen LogP contribution in [-0.4, -0.2) is 18.2 Å². The third-order valence-electron chi connectivity index (χ3n) is 2.53. The minimum Gasteiger partial charge on any atom is -0.497 e. The molecule has 0 radical (unpaired) electrons. The van der Waals surface area contributed by atoms with Crippen LogP contribution in [0.1, 0.15) is 25.3 Å². The third kappa shape index (κ3) is 5.15. The van der Waals surface area contributed by atoms with Crippen molar-refractivity contribution in [1.82, 2.24) is 0 Å². The highest BCUT2D eigenvalue weighted by atomic mass is 32.1. The lowest BCUT2D eigenvalue weighted by atomic mass is 10.2. The highest BCUT2D eigenvalue weighted by molar-refractivity contribution is 7.80. The highest BCUT2D eigenvalue weighted by Crippen LogP contribution is 2.14. The second-order valence-corrected chi connectivity index (χ2v) is 4.38. The number of ether oxygens (including phenoxy) is 2. The topological polar surface area (TPSA) is 44.5 Å². The summed E-state index contributed by atoms with van der Waals surface area (Å²) in [5.74, 6) is 0.851. The number of thiocarbonyl (C=S) groups is 1. The molecule has 0 aliphatic heterocycles. The predicted molar refractivity (Wildman–Crippen MR) is 73.3 cm³/mol. The molecule has 1 aromatic rings. The molecule has 1 atom stereocenters. The van der Waals surface area contributed by atoms with Gasteiger partial charge in [0.2, 0.25) is 0 Å². The molecular formula is C13H19NO2S. The van der Waals surface area contributed by atoms with Crippen LogP contribution in [0.4, 0.5) is 0 Å². The van der Waals surface area contributed by atoms with Crippen LogP contribution in [0.15, 0.2) is 24.3 Å². The van der Waals surface area contributed by atoms with Crippen molar-refractivity contribution >= 4 is 17.2 Å². The van der Waals surface area contributed by atoms with E-state index in [-0.39, 0.29) is 6.10 Å². The monoisotopic (exact) mass is 253 g/mol. The summed E-state index contributed by atoms with van der Waals surface area (Å²) in [4.78, 5) is 0.506. The molecule has 17 heavy (non-hydrogen) atoms. The van der Waals surface area contributed by atoms with Crippen LogP contribution in [0.3, 0.4) is 0 Å². The number of nitrogens with two attached hydrogens (primary N) is 1. The Balaban J connectivity index is 2.44. The lowest BCUT2D eigenvalue weighted by molar-refractivity contribution is 0.0432. The van der Waals surface area contributed by atoms with Gasteiger partial charge in [-0.2, -0.15) is 0 Å². The lowest BCUT2D eigenvalue weighted by Crippen LogP contribution is -2.20. The summed E-state index contributed by atoms with van der Waals surface area (Å²) in [5, 5.41) is 0. The number of benzene rings is 1. The Kier molecular flexibility index (Phi) is 5.94.